The van der Waals surface area contributed by atoms with Crippen molar-refractivity contribution in [3.63, 3.8) is 0 Å². The molecule has 0 aliphatic rings. The number of quaternary nitrogens is 1. The van der Waals surface area contributed by atoms with Crippen LogP contribution in [0.25, 0.3) is 0 Å². The Morgan fingerprint density at radius 1 is 0.708 bits per heavy atom. The molecule has 9 heteroatoms. The molecule has 0 saturated carbocycles. The van der Waals surface area contributed by atoms with E-state index in [0.29, 0.717) is 23.9 Å². The Morgan fingerprint density at radius 3 is 1.73 bits per heavy atom. The molecule has 0 fully saturated rings. The average Bonchev–Trinajstić information content (AvgIpc) is 3.02. The van der Waals surface area contributed by atoms with Crippen LogP contribution in [0.5, 0.6) is 0 Å². The SMILES string of the molecule is CCCCCCC/C=C\C/C=C\C/C=C\CCCCCCCCCCC(=O)NC(COP(=O)(O)OCC[N+](C)(C)C)C(O)CCCCC. The molecule has 0 bridgehead atoms. The number of aliphatic hydroxyl groups is 1. The summed E-state index contributed by atoms with van der Waals surface area (Å²) in [6.45, 7) is 4.68. The molecule has 1 amide bonds. The quantitative estimate of drug-likeness (QED) is 0.0267. The highest BCUT2D eigenvalue weighted by Crippen LogP contribution is 2.43. The molecule has 0 heterocycles. The van der Waals surface area contributed by atoms with Crippen molar-refractivity contribution in [1.82, 2.24) is 5.32 Å². The zero-order chi connectivity index (χ0) is 35.8. The van der Waals surface area contributed by atoms with Crippen LogP contribution >= 0.6 is 7.82 Å². The fourth-order valence-corrected chi connectivity index (χ4v) is 5.96. The highest BCUT2D eigenvalue weighted by atomic mass is 31.2. The van der Waals surface area contributed by atoms with Crippen LogP contribution in [-0.2, 0) is 18.4 Å². The van der Waals surface area contributed by atoms with Gasteiger partial charge in [-0.3, -0.25) is 13.8 Å². The maximum atomic E-state index is 12.7. The number of phosphoric ester groups is 1. The standard InChI is InChI=1S/C39H75N2O6P/c1-6-8-10-11-12-13-14-15-16-17-18-19-20-21-22-23-24-25-26-27-28-29-31-33-39(43)40-37(38(42)32-30-9-7-2)36-47-48(44,45)46-35-34-41(3,4)5/h14-15,17-18,20-21,37-38,42H,6-13,16,19,22-36H2,1-5H3,(H-,40,43,44,45)/p+1/b15-14-,18-17-,21-20-. The van der Waals surface area contributed by atoms with Crippen molar-refractivity contribution in [1.29, 1.82) is 0 Å². The van der Waals surface area contributed by atoms with Gasteiger partial charge < -0.3 is 19.8 Å². The lowest BCUT2D eigenvalue weighted by Gasteiger charge is -2.26. The lowest BCUT2D eigenvalue weighted by atomic mass is 10.0. The Bertz CT molecular complexity index is 886. The van der Waals surface area contributed by atoms with Gasteiger partial charge in [0.1, 0.15) is 13.2 Å². The normalized spacial score (nSPS) is 15.1. The van der Waals surface area contributed by atoms with Crippen LogP contribution in [0.4, 0.5) is 0 Å². The Morgan fingerprint density at radius 2 is 1.19 bits per heavy atom. The fraction of sp³-hybridized carbons (Fsp3) is 0.821. The summed E-state index contributed by atoms with van der Waals surface area (Å²) in [5.41, 5.74) is 0. The minimum Gasteiger partial charge on any atom is -0.391 e. The first kappa shape index (κ1) is 46.7. The lowest BCUT2D eigenvalue weighted by Crippen LogP contribution is -2.46. The van der Waals surface area contributed by atoms with Crippen LogP contribution in [0.2, 0.25) is 0 Å². The number of phosphoric acid groups is 1. The van der Waals surface area contributed by atoms with Crippen LogP contribution < -0.4 is 5.32 Å². The van der Waals surface area contributed by atoms with Gasteiger partial charge in [0.2, 0.25) is 5.91 Å². The smallest absolute Gasteiger partial charge is 0.391 e. The maximum Gasteiger partial charge on any atom is 0.472 e. The summed E-state index contributed by atoms with van der Waals surface area (Å²) < 4.78 is 23.2. The van der Waals surface area contributed by atoms with E-state index in [1.165, 1.54) is 70.6 Å². The predicted octanol–water partition coefficient (Wildman–Crippen LogP) is 9.96. The first-order valence-corrected chi connectivity index (χ1v) is 20.8. The van der Waals surface area contributed by atoms with Crippen molar-refractivity contribution in [2.75, 3.05) is 40.9 Å². The van der Waals surface area contributed by atoms with Crippen LogP contribution in [0.15, 0.2) is 36.5 Å². The summed E-state index contributed by atoms with van der Waals surface area (Å²) in [5, 5.41) is 13.5. The number of nitrogens with one attached hydrogen (secondary N) is 1. The van der Waals surface area contributed by atoms with Gasteiger partial charge in [-0.1, -0.05) is 134 Å². The summed E-state index contributed by atoms with van der Waals surface area (Å²) in [7, 11) is 1.60. The summed E-state index contributed by atoms with van der Waals surface area (Å²) in [4.78, 5) is 22.7. The van der Waals surface area contributed by atoms with Crippen molar-refractivity contribution >= 4 is 13.7 Å². The van der Waals surface area contributed by atoms with E-state index in [1.807, 2.05) is 21.1 Å². The van der Waals surface area contributed by atoms with Gasteiger partial charge in [-0.05, 0) is 51.4 Å². The van der Waals surface area contributed by atoms with Crippen molar-refractivity contribution in [2.45, 2.75) is 167 Å². The number of amides is 1. The van der Waals surface area contributed by atoms with E-state index in [9.17, 15) is 19.4 Å². The van der Waals surface area contributed by atoms with Gasteiger partial charge in [0, 0.05) is 6.42 Å². The molecule has 48 heavy (non-hydrogen) atoms. The zero-order valence-corrected chi connectivity index (χ0v) is 32.6. The van der Waals surface area contributed by atoms with E-state index in [-0.39, 0.29) is 19.1 Å². The number of likely N-dealkylation sites (N-methyl/N-ethyl adjacent to an activating group) is 1. The number of carbonyl (C=O) groups excluding carboxylic acids is 1. The summed E-state index contributed by atoms with van der Waals surface area (Å²) in [6.07, 6.45) is 36.8. The number of rotatable bonds is 34. The second-order valence-corrected chi connectivity index (χ2v) is 15.8. The minimum atomic E-state index is -4.29. The fourth-order valence-electron chi connectivity index (χ4n) is 5.23. The van der Waals surface area contributed by atoms with Gasteiger partial charge in [0.15, 0.2) is 0 Å². The molecule has 0 spiro atoms. The molecule has 3 unspecified atom stereocenters. The van der Waals surface area contributed by atoms with Crippen molar-refractivity contribution in [3.05, 3.63) is 36.5 Å². The number of aliphatic hydroxyl groups excluding tert-OH is 1. The number of carbonyl (C=O) groups is 1. The lowest BCUT2D eigenvalue weighted by molar-refractivity contribution is -0.870. The summed E-state index contributed by atoms with van der Waals surface area (Å²) >= 11 is 0. The molecule has 282 valence electrons. The molecular formula is C39H76N2O6P+. The molecule has 0 aromatic carbocycles. The van der Waals surface area contributed by atoms with Gasteiger partial charge in [-0.15, -0.1) is 0 Å². The molecule has 0 aliphatic carbocycles. The molecular weight excluding hydrogens is 623 g/mol. The minimum absolute atomic E-state index is 0.0701. The topological polar surface area (TPSA) is 105 Å². The molecule has 8 nitrogen and oxygen atoms in total. The van der Waals surface area contributed by atoms with E-state index in [1.54, 1.807) is 0 Å². The number of unbranched alkanes of at least 4 members (excludes halogenated alkanes) is 15. The van der Waals surface area contributed by atoms with Gasteiger partial charge in [-0.25, -0.2) is 4.57 Å². The Hall–Kier alpha value is -1.28. The maximum absolute atomic E-state index is 12.7. The third-order valence-electron chi connectivity index (χ3n) is 8.39. The highest BCUT2D eigenvalue weighted by Gasteiger charge is 2.28. The van der Waals surface area contributed by atoms with Crippen molar-refractivity contribution < 1.29 is 32.9 Å². The number of nitrogens with zero attached hydrogens (tertiary/aromatic N) is 1. The molecule has 3 N–H and O–H groups in total. The van der Waals surface area contributed by atoms with Crippen LogP contribution in [0.3, 0.4) is 0 Å². The summed E-state index contributed by atoms with van der Waals surface area (Å²) in [5.74, 6) is -0.166. The third-order valence-corrected chi connectivity index (χ3v) is 9.38. The third kappa shape index (κ3) is 33.2. The van der Waals surface area contributed by atoms with Crippen molar-refractivity contribution in [3.8, 4) is 0 Å². The van der Waals surface area contributed by atoms with E-state index >= 15 is 0 Å². The van der Waals surface area contributed by atoms with Crippen LogP contribution in [0.1, 0.15) is 155 Å². The molecule has 0 radical (unpaired) electrons. The molecule has 0 rings (SSSR count). The first-order valence-electron chi connectivity index (χ1n) is 19.4. The zero-order valence-electron chi connectivity index (χ0n) is 31.7. The van der Waals surface area contributed by atoms with Gasteiger partial charge in [-0.2, -0.15) is 0 Å². The second kappa shape index (κ2) is 31.7. The summed E-state index contributed by atoms with van der Waals surface area (Å²) in [6, 6.07) is -0.759. The van der Waals surface area contributed by atoms with Crippen LogP contribution in [0, 0.1) is 0 Å². The molecule has 0 aromatic heterocycles. The Labute approximate surface area is 296 Å². The van der Waals surface area contributed by atoms with E-state index in [2.05, 4.69) is 55.6 Å². The number of hydrogen-bond acceptors (Lipinski definition) is 5. The first-order chi connectivity index (χ1) is 23.0. The predicted molar refractivity (Wildman–Crippen MR) is 203 cm³/mol. The molecule has 0 aliphatic heterocycles. The Kier molecular flexibility index (Phi) is 30.8. The van der Waals surface area contributed by atoms with Gasteiger partial charge in [0.05, 0.1) is 39.9 Å². The Balaban J connectivity index is 4.03. The van der Waals surface area contributed by atoms with E-state index in [0.717, 1.165) is 57.8 Å². The van der Waals surface area contributed by atoms with E-state index in [4.69, 9.17) is 9.05 Å². The van der Waals surface area contributed by atoms with Crippen molar-refractivity contribution in [2.24, 2.45) is 0 Å². The van der Waals surface area contributed by atoms with Gasteiger partial charge in [0.25, 0.3) is 0 Å². The monoisotopic (exact) mass is 700 g/mol. The molecule has 3 atom stereocenters. The second-order valence-electron chi connectivity index (χ2n) is 14.3. The average molecular weight is 700 g/mol. The highest BCUT2D eigenvalue weighted by molar-refractivity contribution is 7.47. The number of allylic oxidation sites excluding steroid dienone is 6. The molecule has 0 saturated heterocycles. The van der Waals surface area contributed by atoms with E-state index < -0.39 is 20.0 Å². The van der Waals surface area contributed by atoms with Crippen LogP contribution in [-0.4, -0.2) is 73.4 Å². The van der Waals surface area contributed by atoms with Gasteiger partial charge >= 0.3 is 7.82 Å². The largest absolute Gasteiger partial charge is 0.472 e. The number of hydrogen-bond donors (Lipinski definition) is 3. The molecule has 0 aromatic rings.